The predicted octanol–water partition coefficient (Wildman–Crippen LogP) is 7.26. The number of halogens is 2. The maximum Gasteiger partial charge on any atom is 0.412 e. The molecule has 2 spiro atoms. The van der Waals surface area contributed by atoms with Crippen molar-refractivity contribution >= 4 is 46.6 Å². The molecule has 37 heavy (non-hydrogen) atoms. The lowest BCUT2D eigenvalue weighted by atomic mass is 9.54. The molecule has 0 bridgehead atoms. The molecule has 1 saturated carbocycles. The highest BCUT2D eigenvalue weighted by Gasteiger charge is 2.68. The number of rotatable bonds is 2. The van der Waals surface area contributed by atoms with Crippen LogP contribution in [-0.2, 0) is 14.9 Å². The first-order valence-electron chi connectivity index (χ1n) is 12.9. The summed E-state index contributed by atoms with van der Waals surface area (Å²) in [6.07, 6.45) is 3.26. The highest BCUT2D eigenvalue weighted by Crippen LogP contribution is 2.62. The Morgan fingerprint density at radius 3 is 2.41 bits per heavy atom. The van der Waals surface area contributed by atoms with Gasteiger partial charge in [0.15, 0.2) is 0 Å². The summed E-state index contributed by atoms with van der Waals surface area (Å²) < 4.78 is 5.44. The van der Waals surface area contributed by atoms with Crippen LogP contribution in [0.5, 0.6) is 0 Å². The minimum Gasteiger partial charge on any atom is -0.444 e. The van der Waals surface area contributed by atoms with E-state index in [2.05, 4.69) is 29.8 Å². The normalized spacial score (nSPS) is 25.7. The van der Waals surface area contributed by atoms with E-state index in [9.17, 15) is 9.59 Å². The van der Waals surface area contributed by atoms with E-state index >= 15 is 0 Å². The largest absolute Gasteiger partial charge is 0.444 e. The highest BCUT2D eigenvalue weighted by atomic mass is 35.5. The van der Waals surface area contributed by atoms with Gasteiger partial charge in [-0.2, -0.15) is 0 Å². The smallest absolute Gasteiger partial charge is 0.412 e. The zero-order valence-corrected chi connectivity index (χ0v) is 23.6. The molecule has 1 aliphatic carbocycles. The molecule has 6 nitrogen and oxygen atoms in total. The molecule has 2 heterocycles. The standard InChI is InChI=1S/C29H35Cl2N3O3/c1-26(2,3)37-25(36)33-20-13-17(12-19(31)14-20)22-16-32-28(10-8-27(4,5)9-11-28)29(22)21-7-6-18(30)15-23(21)34-24(29)35/h6-7,12-15,22,32H,8-11,16H2,1-5H3,(H,33,36)(H,34,35)/t22-,29-/m1/s1. The van der Waals surface area contributed by atoms with Gasteiger partial charge in [0.1, 0.15) is 11.0 Å². The molecular weight excluding hydrogens is 509 g/mol. The molecule has 8 heteroatoms. The van der Waals surface area contributed by atoms with Gasteiger partial charge in [0.05, 0.1) is 0 Å². The summed E-state index contributed by atoms with van der Waals surface area (Å²) in [6.45, 7) is 10.7. The van der Waals surface area contributed by atoms with Crippen LogP contribution in [-0.4, -0.2) is 29.7 Å². The van der Waals surface area contributed by atoms with Crippen LogP contribution in [0.25, 0.3) is 0 Å². The summed E-state index contributed by atoms with van der Waals surface area (Å²) in [5.41, 5.74) is 1.53. The highest BCUT2D eigenvalue weighted by molar-refractivity contribution is 6.31. The minimum absolute atomic E-state index is 0.0129. The van der Waals surface area contributed by atoms with Crippen LogP contribution in [0.2, 0.25) is 10.0 Å². The monoisotopic (exact) mass is 543 g/mol. The van der Waals surface area contributed by atoms with Crippen LogP contribution < -0.4 is 16.0 Å². The van der Waals surface area contributed by atoms with Crippen molar-refractivity contribution in [3.05, 3.63) is 57.6 Å². The molecule has 1 saturated heterocycles. The Kier molecular flexibility index (Phi) is 6.33. The van der Waals surface area contributed by atoms with Crippen molar-refractivity contribution in [3.63, 3.8) is 0 Å². The minimum atomic E-state index is -0.836. The summed E-state index contributed by atoms with van der Waals surface area (Å²) in [5, 5.41) is 10.9. The number of hydrogen-bond donors (Lipinski definition) is 3. The molecule has 3 aliphatic rings. The van der Waals surface area contributed by atoms with Crippen LogP contribution in [0.3, 0.4) is 0 Å². The Morgan fingerprint density at radius 1 is 1.03 bits per heavy atom. The van der Waals surface area contributed by atoms with E-state index in [-0.39, 0.29) is 17.2 Å². The van der Waals surface area contributed by atoms with Gasteiger partial charge in [0.25, 0.3) is 0 Å². The summed E-state index contributed by atoms with van der Waals surface area (Å²) >= 11 is 12.9. The van der Waals surface area contributed by atoms with Crippen molar-refractivity contribution in [1.29, 1.82) is 0 Å². The zero-order chi connectivity index (χ0) is 26.8. The third-order valence-electron chi connectivity index (χ3n) is 8.36. The zero-order valence-electron chi connectivity index (χ0n) is 22.1. The van der Waals surface area contributed by atoms with Gasteiger partial charge >= 0.3 is 6.09 Å². The lowest BCUT2D eigenvalue weighted by Gasteiger charge is -2.50. The van der Waals surface area contributed by atoms with Crippen LogP contribution in [0, 0.1) is 5.41 Å². The Morgan fingerprint density at radius 2 is 1.73 bits per heavy atom. The van der Waals surface area contributed by atoms with Crippen molar-refractivity contribution in [3.8, 4) is 0 Å². The van der Waals surface area contributed by atoms with Crippen molar-refractivity contribution in [2.45, 2.75) is 82.8 Å². The van der Waals surface area contributed by atoms with E-state index in [1.165, 1.54) is 0 Å². The van der Waals surface area contributed by atoms with Crippen LogP contribution in [0.4, 0.5) is 16.2 Å². The van der Waals surface area contributed by atoms with Gasteiger partial charge in [-0.15, -0.1) is 0 Å². The van der Waals surface area contributed by atoms with Crippen molar-refractivity contribution in [1.82, 2.24) is 5.32 Å². The molecule has 0 radical (unpaired) electrons. The molecule has 0 unspecified atom stereocenters. The van der Waals surface area contributed by atoms with E-state index in [1.807, 2.05) is 51.1 Å². The summed E-state index contributed by atoms with van der Waals surface area (Å²) in [4.78, 5) is 26.7. The molecule has 3 N–H and O–H groups in total. The first kappa shape index (κ1) is 26.3. The second-order valence-electron chi connectivity index (χ2n) is 12.5. The van der Waals surface area contributed by atoms with Crippen molar-refractivity contribution in [2.24, 2.45) is 5.41 Å². The van der Waals surface area contributed by atoms with E-state index in [0.29, 0.717) is 22.3 Å². The van der Waals surface area contributed by atoms with Gasteiger partial charge < -0.3 is 15.4 Å². The topological polar surface area (TPSA) is 79.5 Å². The average Bonchev–Trinajstić information content (AvgIpc) is 3.24. The number of carbonyl (C=O) groups excluding carboxylic acids is 2. The lowest BCUT2D eigenvalue weighted by Crippen LogP contribution is -2.61. The number of ether oxygens (including phenoxy) is 1. The Bertz CT molecular complexity index is 1260. The fourth-order valence-electron chi connectivity index (χ4n) is 6.65. The van der Waals surface area contributed by atoms with Crippen LogP contribution in [0.1, 0.15) is 77.3 Å². The van der Waals surface area contributed by atoms with E-state index in [4.69, 9.17) is 27.9 Å². The molecule has 2 aromatic rings. The van der Waals surface area contributed by atoms with Gasteiger partial charge in [0.2, 0.25) is 5.91 Å². The molecule has 0 aromatic heterocycles. The number of hydrogen-bond acceptors (Lipinski definition) is 4. The number of amides is 2. The summed E-state index contributed by atoms with van der Waals surface area (Å²) in [7, 11) is 0. The van der Waals surface area contributed by atoms with E-state index in [1.54, 1.807) is 6.07 Å². The predicted molar refractivity (Wildman–Crippen MR) is 149 cm³/mol. The van der Waals surface area contributed by atoms with E-state index < -0.39 is 22.6 Å². The van der Waals surface area contributed by atoms with Crippen molar-refractivity contribution in [2.75, 3.05) is 17.2 Å². The van der Waals surface area contributed by atoms with Crippen molar-refractivity contribution < 1.29 is 14.3 Å². The number of benzene rings is 2. The average molecular weight is 545 g/mol. The first-order chi connectivity index (χ1) is 17.2. The Balaban J connectivity index is 1.61. The molecule has 2 amide bonds. The third kappa shape index (κ3) is 4.51. The Hall–Kier alpha value is -2.28. The molecule has 5 rings (SSSR count). The molecular formula is C29H35Cl2N3O3. The van der Waals surface area contributed by atoms with Gasteiger partial charge in [0, 0.05) is 39.4 Å². The fourth-order valence-corrected chi connectivity index (χ4v) is 7.07. The number of nitrogens with one attached hydrogen (secondary N) is 3. The molecule has 2 fully saturated rings. The quantitative estimate of drug-likeness (QED) is 0.372. The molecule has 2 aliphatic heterocycles. The number of carbonyl (C=O) groups is 2. The Labute approximate surface area is 228 Å². The maximum atomic E-state index is 14.2. The second kappa shape index (κ2) is 8.89. The van der Waals surface area contributed by atoms with Gasteiger partial charge in [-0.25, -0.2) is 4.79 Å². The van der Waals surface area contributed by atoms with Gasteiger partial charge in [-0.3, -0.25) is 10.1 Å². The molecule has 2 atom stereocenters. The summed E-state index contributed by atoms with van der Waals surface area (Å²) in [6, 6.07) is 11.2. The van der Waals surface area contributed by atoms with Gasteiger partial charge in [-0.1, -0.05) is 43.1 Å². The number of anilines is 2. The molecule has 2 aromatic carbocycles. The van der Waals surface area contributed by atoms with Gasteiger partial charge in [-0.05, 0) is 93.3 Å². The third-order valence-corrected chi connectivity index (χ3v) is 8.81. The second-order valence-corrected chi connectivity index (χ2v) is 13.4. The fraction of sp³-hybridized carbons (Fsp3) is 0.517. The van der Waals surface area contributed by atoms with Crippen LogP contribution in [0.15, 0.2) is 36.4 Å². The lowest BCUT2D eigenvalue weighted by molar-refractivity contribution is -0.124. The first-order valence-corrected chi connectivity index (χ1v) is 13.7. The maximum absolute atomic E-state index is 14.2. The number of fused-ring (bicyclic) bond motifs is 3. The SMILES string of the molecule is CC1(C)CCC2(CC1)NC[C@H](c1cc(Cl)cc(NC(=O)OC(C)(C)C)c1)[C@]21C(=O)Nc2cc(Cl)ccc21. The molecule has 198 valence electrons. The van der Waals surface area contributed by atoms with Crippen LogP contribution >= 0.6 is 23.2 Å². The van der Waals surface area contributed by atoms with E-state index in [0.717, 1.165) is 42.5 Å². The summed E-state index contributed by atoms with van der Waals surface area (Å²) in [5.74, 6) is -0.213.